The minimum absolute atomic E-state index is 0.302. The topological polar surface area (TPSA) is 25.8 Å². The Labute approximate surface area is 81.4 Å². The number of rotatable bonds is 2. The second-order valence-electron chi connectivity index (χ2n) is 2.99. The van der Waals surface area contributed by atoms with Crippen molar-refractivity contribution in [3.8, 4) is 0 Å². The lowest BCUT2D eigenvalue weighted by molar-refractivity contribution is 0.595. The van der Waals surface area contributed by atoms with Crippen LogP contribution in [0.1, 0.15) is 11.3 Å². The van der Waals surface area contributed by atoms with Crippen molar-refractivity contribution in [2.24, 2.45) is 0 Å². The van der Waals surface area contributed by atoms with Crippen molar-refractivity contribution in [3.05, 3.63) is 59.7 Å². The van der Waals surface area contributed by atoms with Gasteiger partial charge in [0.2, 0.25) is 0 Å². The first-order valence-electron chi connectivity index (χ1n) is 4.36. The van der Waals surface area contributed by atoms with E-state index in [4.69, 9.17) is 0 Å². The molecule has 2 rings (SSSR count). The van der Waals surface area contributed by atoms with E-state index < -0.39 is 0 Å². The third-order valence-electron chi connectivity index (χ3n) is 1.96. The van der Waals surface area contributed by atoms with E-state index in [1.807, 2.05) is 30.3 Å². The zero-order valence-electron chi connectivity index (χ0n) is 7.52. The molecule has 1 heterocycles. The number of nitrogens with zero attached hydrogens (tertiary/aromatic N) is 2. The summed E-state index contributed by atoms with van der Waals surface area (Å²) in [6, 6.07) is 11.0. The van der Waals surface area contributed by atoms with Gasteiger partial charge in [-0.2, -0.15) is 10.2 Å². The smallest absolute Gasteiger partial charge is 0.148 e. The van der Waals surface area contributed by atoms with Gasteiger partial charge in [0.25, 0.3) is 0 Å². The van der Waals surface area contributed by atoms with Gasteiger partial charge < -0.3 is 0 Å². The zero-order valence-corrected chi connectivity index (χ0v) is 7.52. The quantitative estimate of drug-likeness (QED) is 0.722. The Morgan fingerprint density at radius 1 is 1.07 bits per heavy atom. The summed E-state index contributed by atoms with van der Waals surface area (Å²) in [6.45, 7) is 0. The Kier molecular flexibility index (Phi) is 2.49. The molecule has 0 bridgehead atoms. The number of halogens is 1. The molecule has 0 saturated heterocycles. The summed E-state index contributed by atoms with van der Waals surface area (Å²) in [5, 5.41) is 7.40. The minimum atomic E-state index is -0.302. The van der Waals surface area contributed by atoms with Crippen LogP contribution in [0.5, 0.6) is 0 Å². The predicted molar refractivity (Wildman–Crippen MR) is 51.2 cm³/mol. The van der Waals surface area contributed by atoms with Crippen LogP contribution in [0.4, 0.5) is 4.39 Å². The summed E-state index contributed by atoms with van der Waals surface area (Å²) in [5.41, 5.74) is 1.42. The van der Waals surface area contributed by atoms with Crippen LogP contribution < -0.4 is 0 Å². The monoisotopic (exact) mass is 188 g/mol. The molecule has 0 radical (unpaired) electrons. The van der Waals surface area contributed by atoms with Crippen molar-refractivity contribution >= 4 is 0 Å². The normalized spacial score (nSPS) is 10.1. The number of aromatic nitrogens is 2. The maximum absolute atomic E-state index is 13.2. The molecule has 70 valence electrons. The van der Waals surface area contributed by atoms with Crippen LogP contribution in [-0.2, 0) is 6.42 Å². The Morgan fingerprint density at radius 3 is 2.57 bits per heavy atom. The SMILES string of the molecule is Fc1ccnnc1Cc1ccccc1. The molecule has 2 aromatic rings. The third-order valence-corrected chi connectivity index (χ3v) is 1.96. The highest BCUT2D eigenvalue weighted by molar-refractivity contribution is 5.21. The van der Waals surface area contributed by atoms with Crippen LogP contribution in [-0.4, -0.2) is 10.2 Å². The second kappa shape index (κ2) is 3.96. The molecule has 0 amide bonds. The fraction of sp³-hybridized carbons (Fsp3) is 0.0909. The molecule has 0 aliphatic carbocycles. The molecular formula is C11H9FN2. The van der Waals surface area contributed by atoms with E-state index in [2.05, 4.69) is 10.2 Å². The van der Waals surface area contributed by atoms with Gasteiger partial charge in [0.15, 0.2) is 0 Å². The fourth-order valence-corrected chi connectivity index (χ4v) is 1.25. The first kappa shape index (κ1) is 8.81. The van der Waals surface area contributed by atoms with Crippen LogP contribution in [0.15, 0.2) is 42.6 Å². The van der Waals surface area contributed by atoms with Gasteiger partial charge in [-0.25, -0.2) is 4.39 Å². The molecule has 0 unspecified atom stereocenters. The molecule has 14 heavy (non-hydrogen) atoms. The number of hydrogen-bond donors (Lipinski definition) is 0. The van der Waals surface area contributed by atoms with Gasteiger partial charge in [-0.15, -0.1) is 0 Å². The molecule has 0 aliphatic heterocycles. The van der Waals surface area contributed by atoms with Crippen LogP contribution in [0, 0.1) is 5.82 Å². The Hall–Kier alpha value is -1.77. The van der Waals surface area contributed by atoms with Crippen LogP contribution in [0.25, 0.3) is 0 Å². The molecule has 0 atom stereocenters. The van der Waals surface area contributed by atoms with Gasteiger partial charge in [0.1, 0.15) is 11.5 Å². The molecular weight excluding hydrogens is 179 g/mol. The first-order valence-corrected chi connectivity index (χ1v) is 4.36. The van der Waals surface area contributed by atoms with Gasteiger partial charge in [-0.05, 0) is 11.6 Å². The van der Waals surface area contributed by atoms with E-state index >= 15 is 0 Å². The molecule has 1 aromatic heterocycles. The van der Waals surface area contributed by atoms with Gasteiger partial charge in [-0.1, -0.05) is 30.3 Å². The average molecular weight is 188 g/mol. The van der Waals surface area contributed by atoms with E-state index in [1.165, 1.54) is 12.3 Å². The predicted octanol–water partition coefficient (Wildman–Crippen LogP) is 2.21. The summed E-state index contributed by atoms with van der Waals surface area (Å²) in [6.07, 6.45) is 1.84. The Balaban J connectivity index is 2.24. The summed E-state index contributed by atoms with van der Waals surface area (Å²) < 4.78 is 13.2. The summed E-state index contributed by atoms with van der Waals surface area (Å²) in [7, 11) is 0. The van der Waals surface area contributed by atoms with Gasteiger partial charge in [0, 0.05) is 6.42 Å². The standard InChI is InChI=1S/C11H9FN2/c12-10-6-7-13-14-11(10)8-9-4-2-1-3-5-9/h1-7H,8H2. The third kappa shape index (κ3) is 1.93. The van der Waals surface area contributed by atoms with E-state index in [9.17, 15) is 4.39 Å². The Morgan fingerprint density at radius 2 is 1.86 bits per heavy atom. The van der Waals surface area contributed by atoms with Crippen LogP contribution in [0.2, 0.25) is 0 Å². The summed E-state index contributed by atoms with van der Waals surface area (Å²) in [5.74, 6) is -0.302. The highest BCUT2D eigenvalue weighted by Crippen LogP contribution is 2.08. The Bertz CT molecular complexity index is 415. The first-order chi connectivity index (χ1) is 6.86. The molecule has 1 aromatic carbocycles. The highest BCUT2D eigenvalue weighted by atomic mass is 19.1. The lowest BCUT2D eigenvalue weighted by Gasteiger charge is -2.00. The average Bonchev–Trinajstić information content (AvgIpc) is 2.23. The lowest BCUT2D eigenvalue weighted by Crippen LogP contribution is -1.97. The maximum Gasteiger partial charge on any atom is 0.148 e. The van der Waals surface area contributed by atoms with Gasteiger partial charge >= 0.3 is 0 Å². The van der Waals surface area contributed by atoms with E-state index in [0.717, 1.165) is 5.56 Å². The van der Waals surface area contributed by atoms with Crippen LogP contribution >= 0.6 is 0 Å². The zero-order chi connectivity index (χ0) is 9.80. The number of benzene rings is 1. The molecule has 0 aliphatic rings. The minimum Gasteiger partial charge on any atom is -0.205 e. The molecule has 2 nitrogen and oxygen atoms in total. The maximum atomic E-state index is 13.2. The number of hydrogen-bond acceptors (Lipinski definition) is 2. The highest BCUT2D eigenvalue weighted by Gasteiger charge is 2.03. The van der Waals surface area contributed by atoms with E-state index in [0.29, 0.717) is 12.1 Å². The summed E-state index contributed by atoms with van der Waals surface area (Å²) >= 11 is 0. The van der Waals surface area contributed by atoms with Crippen molar-refractivity contribution < 1.29 is 4.39 Å². The molecule has 3 heteroatoms. The van der Waals surface area contributed by atoms with Crippen molar-refractivity contribution in [1.29, 1.82) is 0 Å². The molecule has 0 N–H and O–H groups in total. The van der Waals surface area contributed by atoms with Crippen molar-refractivity contribution in [2.45, 2.75) is 6.42 Å². The van der Waals surface area contributed by atoms with E-state index in [1.54, 1.807) is 0 Å². The largest absolute Gasteiger partial charge is 0.205 e. The van der Waals surface area contributed by atoms with Crippen LogP contribution in [0.3, 0.4) is 0 Å². The van der Waals surface area contributed by atoms with E-state index in [-0.39, 0.29) is 5.82 Å². The van der Waals surface area contributed by atoms with Crippen molar-refractivity contribution in [1.82, 2.24) is 10.2 Å². The van der Waals surface area contributed by atoms with Crippen molar-refractivity contribution in [3.63, 3.8) is 0 Å². The summed E-state index contributed by atoms with van der Waals surface area (Å²) in [4.78, 5) is 0. The van der Waals surface area contributed by atoms with Gasteiger partial charge in [0.05, 0.1) is 6.20 Å². The van der Waals surface area contributed by atoms with Gasteiger partial charge in [-0.3, -0.25) is 0 Å². The lowest BCUT2D eigenvalue weighted by atomic mass is 10.1. The molecule has 0 spiro atoms. The van der Waals surface area contributed by atoms with Crippen molar-refractivity contribution in [2.75, 3.05) is 0 Å². The fourth-order valence-electron chi connectivity index (χ4n) is 1.25. The molecule has 0 fully saturated rings. The molecule has 0 saturated carbocycles. The second-order valence-corrected chi connectivity index (χ2v) is 2.99.